The van der Waals surface area contributed by atoms with Gasteiger partial charge in [-0.25, -0.2) is 0 Å². The summed E-state index contributed by atoms with van der Waals surface area (Å²) in [6.07, 6.45) is 6.87. The lowest BCUT2D eigenvalue weighted by atomic mass is 9.77. The van der Waals surface area contributed by atoms with Crippen molar-refractivity contribution in [1.29, 1.82) is 0 Å². The summed E-state index contributed by atoms with van der Waals surface area (Å²) >= 11 is 0. The minimum atomic E-state index is -0.548. The van der Waals surface area contributed by atoms with E-state index in [2.05, 4.69) is 4.98 Å². The number of amides is 1. The van der Waals surface area contributed by atoms with Crippen molar-refractivity contribution in [1.82, 2.24) is 9.88 Å². The van der Waals surface area contributed by atoms with Crippen LogP contribution >= 0.6 is 0 Å². The fourth-order valence-electron chi connectivity index (χ4n) is 5.22. The SMILES string of the molecule is CCOc1ccc(C2C3=C(OC4CCCCC4C3=O)C(=O)N2Cc2cccnc2)cc1OC. The molecule has 7 nitrogen and oxygen atoms in total. The standard InChI is InChI=1S/C26H28N2O5/c1-3-32-20-11-10-17(13-21(20)31-2)23-22-24(29)18-8-4-5-9-19(18)33-25(22)26(30)28(23)15-16-7-6-12-27-14-16/h6-7,10-14,18-19,23H,3-5,8-9,15H2,1-2H3. The first-order chi connectivity index (χ1) is 16.1. The van der Waals surface area contributed by atoms with E-state index in [1.54, 1.807) is 24.4 Å². The van der Waals surface area contributed by atoms with Crippen LogP contribution in [0, 0.1) is 5.92 Å². The molecule has 0 spiro atoms. The van der Waals surface area contributed by atoms with Gasteiger partial charge in [-0.2, -0.15) is 0 Å². The highest BCUT2D eigenvalue weighted by Gasteiger charge is 2.52. The quantitative estimate of drug-likeness (QED) is 0.665. The van der Waals surface area contributed by atoms with Crippen LogP contribution in [0.25, 0.3) is 0 Å². The van der Waals surface area contributed by atoms with Crippen LogP contribution in [-0.2, 0) is 20.9 Å². The number of Topliss-reactive ketones (excluding diaryl/α,β-unsaturated/α-hetero) is 1. The maximum Gasteiger partial charge on any atom is 0.290 e. The van der Waals surface area contributed by atoms with E-state index in [1.807, 2.05) is 37.3 Å². The van der Waals surface area contributed by atoms with Gasteiger partial charge in [0, 0.05) is 18.9 Å². The Morgan fingerprint density at radius 1 is 1.15 bits per heavy atom. The summed E-state index contributed by atoms with van der Waals surface area (Å²) in [4.78, 5) is 33.2. The predicted molar refractivity (Wildman–Crippen MR) is 121 cm³/mol. The molecule has 3 unspecified atom stereocenters. The predicted octanol–water partition coefficient (Wildman–Crippen LogP) is 3.98. The number of rotatable bonds is 6. The van der Waals surface area contributed by atoms with Gasteiger partial charge in [-0.3, -0.25) is 14.6 Å². The first kappa shape index (κ1) is 21.5. The van der Waals surface area contributed by atoms with Gasteiger partial charge in [0.15, 0.2) is 23.0 Å². The minimum Gasteiger partial charge on any atom is -0.493 e. The van der Waals surface area contributed by atoms with E-state index in [9.17, 15) is 9.59 Å². The van der Waals surface area contributed by atoms with Gasteiger partial charge in [-0.05, 0) is 55.5 Å². The van der Waals surface area contributed by atoms with Crippen molar-refractivity contribution < 1.29 is 23.8 Å². The number of hydrogen-bond acceptors (Lipinski definition) is 6. The van der Waals surface area contributed by atoms with E-state index >= 15 is 0 Å². The number of ether oxygens (including phenoxy) is 3. The van der Waals surface area contributed by atoms with Crippen LogP contribution in [0.5, 0.6) is 11.5 Å². The zero-order chi connectivity index (χ0) is 22.9. The number of carbonyl (C=O) groups is 2. The Hall–Kier alpha value is -3.35. The van der Waals surface area contributed by atoms with E-state index < -0.39 is 6.04 Å². The van der Waals surface area contributed by atoms with Crippen LogP contribution in [0.3, 0.4) is 0 Å². The summed E-state index contributed by atoms with van der Waals surface area (Å²) < 4.78 is 17.5. The van der Waals surface area contributed by atoms with Crippen molar-refractivity contribution in [3.63, 3.8) is 0 Å². The van der Waals surface area contributed by atoms with Crippen molar-refractivity contribution in [3.05, 3.63) is 65.2 Å². The lowest BCUT2D eigenvalue weighted by Crippen LogP contribution is -2.39. The van der Waals surface area contributed by atoms with Gasteiger partial charge in [-0.15, -0.1) is 0 Å². The molecule has 7 heteroatoms. The molecule has 1 saturated carbocycles. The zero-order valence-corrected chi connectivity index (χ0v) is 19.0. The maximum absolute atomic E-state index is 13.7. The van der Waals surface area contributed by atoms with Crippen LogP contribution in [0.15, 0.2) is 54.1 Å². The second kappa shape index (κ2) is 8.89. The number of hydrogen-bond donors (Lipinski definition) is 0. The van der Waals surface area contributed by atoms with Gasteiger partial charge in [-0.1, -0.05) is 18.6 Å². The third-order valence-corrected chi connectivity index (χ3v) is 6.74. The number of nitrogens with zero attached hydrogens (tertiary/aromatic N) is 2. The molecule has 3 heterocycles. The normalized spacial score (nSPS) is 24.3. The first-order valence-corrected chi connectivity index (χ1v) is 11.6. The minimum absolute atomic E-state index is 0.0424. The van der Waals surface area contributed by atoms with Crippen molar-refractivity contribution >= 4 is 11.7 Å². The van der Waals surface area contributed by atoms with Crippen molar-refractivity contribution in [2.45, 2.75) is 51.3 Å². The highest BCUT2D eigenvalue weighted by atomic mass is 16.5. The number of methoxy groups -OCH3 is 1. The Labute approximate surface area is 193 Å². The summed E-state index contributed by atoms with van der Waals surface area (Å²) in [7, 11) is 1.58. The van der Waals surface area contributed by atoms with Crippen LogP contribution in [0.4, 0.5) is 0 Å². The molecule has 1 aromatic heterocycles. The van der Waals surface area contributed by atoms with Gasteiger partial charge in [0.1, 0.15) is 6.10 Å². The first-order valence-electron chi connectivity index (χ1n) is 11.6. The third kappa shape index (κ3) is 3.75. The van der Waals surface area contributed by atoms with Gasteiger partial charge in [0.25, 0.3) is 5.91 Å². The Bertz CT molecular complexity index is 1100. The van der Waals surface area contributed by atoms with E-state index in [1.165, 1.54) is 0 Å². The second-order valence-corrected chi connectivity index (χ2v) is 8.69. The van der Waals surface area contributed by atoms with Gasteiger partial charge >= 0.3 is 0 Å². The zero-order valence-electron chi connectivity index (χ0n) is 19.0. The number of ketones is 1. The van der Waals surface area contributed by atoms with E-state index in [0.29, 0.717) is 30.2 Å². The van der Waals surface area contributed by atoms with Crippen molar-refractivity contribution in [2.24, 2.45) is 5.92 Å². The molecule has 1 aromatic carbocycles. The van der Waals surface area contributed by atoms with Crippen molar-refractivity contribution in [2.75, 3.05) is 13.7 Å². The summed E-state index contributed by atoms with van der Waals surface area (Å²) in [6, 6.07) is 8.81. The Balaban J connectivity index is 1.59. The lowest BCUT2D eigenvalue weighted by molar-refractivity contribution is -0.135. The molecule has 0 N–H and O–H groups in total. The second-order valence-electron chi connectivity index (χ2n) is 8.69. The molecule has 1 aliphatic carbocycles. The molecule has 1 amide bonds. The summed E-state index contributed by atoms with van der Waals surface area (Å²) in [5, 5.41) is 0. The fourth-order valence-corrected chi connectivity index (χ4v) is 5.22. The average molecular weight is 449 g/mol. The molecular weight excluding hydrogens is 420 g/mol. The van der Waals surface area contributed by atoms with Crippen molar-refractivity contribution in [3.8, 4) is 11.5 Å². The number of pyridine rings is 1. The van der Waals surface area contributed by atoms with Crippen LogP contribution in [0.2, 0.25) is 0 Å². The molecule has 1 fully saturated rings. The molecule has 5 rings (SSSR count). The Kier molecular flexibility index (Phi) is 5.79. The molecule has 3 aliphatic rings. The van der Waals surface area contributed by atoms with Gasteiger partial charge < -0.3 is 19.1 Å². The van der Waals surface area contributed by atoms with Crippen LogP contribution in [0.1, 0.15) is 49.8 Å². The summed E-state index contributed by atoms with van der Waals surface area (Å²) in [5.41, 5.74) is 2.15. The Morgan fingerprint density at radius 2 is 2.00 bits per heavy atom. The summed E-state index contributed by atoms with van der Waals surface area (Å²) in [6.45, 7) is 2.75. The van der Waals surface area contributed by atoms with Crippen LogP contribution < -0.4 is 9.47 Å². The largest absolute Gasteiger partial charge is 0.493 e. The molecular formula is C26H28N2O5. The van der Waals surface area contributed by atoms with E-state index in [-0.39, 0.29) is 29.5 Å². The van der Waals surface area contributed by atoms with Gasteiger partial charge in [0.2, 0.25) is 0 Å². The molecule has 0 saturated heterocycles. The highest BCUT2D eigenvalue weighted by molar-refractivity contribution is 6.11. The average Bonchev–Trinajstić information content (AvgIpc) is 3.12. The van der Waals surface area contributed by atoms with Crippen LogP contribution in [-0.4, -0.2) is 41.4 Å². The monoisotopic (exact) mass is 448 g/mol. The highest BCUT2D eigenvalue weighted by Crippen LogP contribution is 2.48. The lowest BCUT2D eigenvalue weighted by Gasteiger charge is -2.35. The molecule has 33 heavy (non-hydrogen) atoms. The molecule has 2 aliphatic heterocycles. The van der Waals surface area contributed by atoms with E-state index in [4.69, 9.17) is 14.2 Å². The third-order valence-electron chi connectivity index (χ3n) is 6.74. The number of benzene rings is 1. The fraction of sp³-hybridized carbons (Fsp3) is 0.423. The molecule has 0 radical (unpaired) electrons. The maximum atomic E-state index is 13.7. The topological polar surface area (TPSA) is 78.0 Å². The number of aromatic nitrogens is 1. The smallest absolute Gasteiger partial charge is 0.290 e. The molecule has 0 bridgehead atoms. The summed E-state index contributed by atoms with van der Waals surface area (Å²) in [5.74, 6) is 1.02. The van der Waals surface area contributed by atoms with E-state index in [0.717, 1.165) is 36.8 Å². The Morgan fingerprint density at radius 3 is 2.76 bits per heavy atom. The number of fused-ring (bicyclic) bond motifs is 1. The molecule has 2 aromatic rings. The molecule has 172 valence electrons. The molecule has 3 atom stereocenters. The number of carbonyl (C=O) groups excluding carboxylic acids is 2. The van der Waals surface area contributed by atoms with Gasteiger partial charge in [0.05, 0.1) is 31.2 Å².